The minimum Gasteiger partial charge on any atom is -0.0836 e. The molecule has 1 aliphatic rings. The maximum Gasteiger partial charge on any atom is -0.00206 e. The summed E-state index contributed by atoms with van der Waals surface area (Å²) in [6.07, 6.45) is 9.16. The summed E-state index contributed by atoms with van der Waals surface area (Å²) in [5, 5.41) is 0. The molecule has 0 aromatic heterocycles. The van der Waals surface area contributed by atoms with Crippen LogP contribution in [0.15, 0.2) is 121 Å². The van der Waals surface area contributed by atoms with Gasteiger partial charge in [-0.25, -0.2) is 0 Å². The minimum atomic E-state index is 1.10. The van der Waals surface area contributed by atoms with Gasteiger partial charge in [-0.05, 0) is 57.4 Å². The fourth-order valence-corrected chi connectivity index (χ4v) is 4.32. The highest BCUT2D eigenvalue weighted by atomic mass is 14.2. The van der Waals surface area contributed by atoms with Crippen molar-refractivity contribution in [1.82, 2.24) is 0 Å². The van der Waals surface area contributed by atoms with Crippen molar-refractivity contribution in [3.8, 4) is 33.4 Å². The van der Waals surface area contributed by atoms with E-state index in [9.17, 15) is 0 Å². The van der Waals surface area contributed by atoms with Crippen molar-refractivity contribution in [3.63, 3.8) is 0 Å². The molecule has 0 bridgehead atoms. The van der Waals surface area contributed by atoms with Crippen molar-refractivity contribution in [2.45, 2.75) is 12.8 Å². The largest absolute Gasteiger partial charge is 0.0836 e. The summed E-state index contributed by atoms with van der Waals surface area (Å²) < 4.78 is 0. The van der Waals surface area contributed by atoms with Gasteiger partial charge in [-0.1, -0.05) is 121 Å². The molecule has 4 aromatic carbocycles. The van der Waals surface area contributed by atoms with Crippen molar-refractivity contribution in [3.05, 3.63) is 127 Å². The Morgan fingerprint density at radius 3 is 1.47 bits per heavy atom. The monoisotopic (exact) mass is 384 g/mol. The van der Waals surface area contributed by atoms with Gasteiger partial charge in [-0.3, -0.25) is 0 Å². The second-order valence-corrected chi connectivity index (χ2v) is 7.65. The van der Waals surface area contributed by atoms with Crippen LogP contribution in [0.4, 0.5) is 0 Å². The molecular formula is C30H24. The zero-order valence-corrected chi connectivity index (χ0v) is 17.0. The number of hydrogen-bond acceptors (Lipinski definition) is 0. The van der Waals surface area contributed by atoms with Crippen LogP contribution in [0.3, 0.4) is 0 Å². The standard InChI is InChI=1S/C30H24/c1-5-13-23(14-6-1)27-21-22-28(24-15-7-2-8-16-24)30(26-19-11-4-12-20-26)29(27)25-17-9-3-10-18-25/h1,3-7,9-22H,2,8H2. The molecule has 0 spiro atoms. The third-order valence-corrected chi connectivity index (χ3v) is 5.72. The summed E-state index contributed by atoms with van der Waals surface area (Å²) in [6.45, 7) is 0. The van der Waals surface area contributed by atoms with E-state index in [1.54, 1.807) is 0 Å². The number of allylic oxidation sites excluding steroid dienone is 4. The Hall–Kier alpha value is -3.64. The van der Waals surface area contributed by atoms with E-state index < -0.39 is 0 Å². The molecule has 1 aliphatic carbocycles. The average molecular weight is 385 g/mol. The van der Waals surface area contributed by atoms with Gasteiger partial charge in [0.05, 0.1) is 0 Å². The van der Waals surface area contributed by atoms with E-state index in [0.29, 0.717) is 0 Å². The molecule has 144 valence electrons. The van der Waals surface area contributed by atoms with Gasteiger partial charge in [0, 0.05) is 0 Å². The first kappa shape index (κ1) is 18.4. The average Bonchev–Trinajstić information content (AvgIpc) is 2.85. The van der Waals surface area contributed by atoms with Crippen LogP contribution in [0.5, 0.6) is 0 Å². The van der Waals surface area contributed by atoms with Crippen molar-refractivity contribution in [1.29, 1.82) is 0 Å². The van der Waals surface area contributed by atoms with Crippen LogP contribution in [-0.2, 0) is 0 Å². The van der Waals surface area contributed by atoms with Crippen LogP contribution in [0, 0.1) is 0 Å². The molecule has 0 heterocycles. The van der Waals surface area contributed by atoms with E-state index in [4.69, 9.17) is 0 Å². The fraction of sp³-hybridized carbons (Fsp3) is 0.0667. The molecular weight excluding hydrogens is 360 g/mol. The zero-order valence-electron chi connectivity index (χ0n) is 17.0. The van der Waals surface area contributed by atoms with E-state index >= 15 is 0 Å². The lowest BCUT2D eigenvalue weighted by Crippen LogP contribution is -1.97. The quantitative estimate of drug-likeness (QED) is 0.331. The summed E-state index contributed by atoms with van der Waals surface area (Å²) in [5.41, 5.74) is 10.2. The third-order valence-electron chi connectivity index (χ3n) is 5.72. The van der Waals surface area contributed by atoms with Gasteiger partial charge >= 0.3 is 0 Å². The van der Waals surface area contributed by atoms with Gasteiger partial charge in [-0.15, -0.1) is 0 Å². The second kappa shape index (κ2) is 8.39. The topological polar surface area (TPSA) is 0 Å². The third kappa shape index (κ3) is 3.53. The SMILES string of the molecule is C1=CC(c2ccc(-c3ccccc3)c(-c3ccccc3)c2-c2ccccc2)=CCC1. The lowest BCUT2D eigenvalue weighted by atomic mass is 9.82. The van der Waals surface area contributed by atoms with E-state index in [0.717, 1.165) is 12.8 Å². The van der Waals surface area contributed by atoms with E-state index in [-0.39, 0.29) is 0 Å². The van der Waals surface area contributed by atoms with E-state index in [2.05, 4.69) is 121 Å². The van der Waals surface area contributed by atoms with Crippen molar-refractivity contribution in [2.24, 2.45) is 0 Å². The fourth-order valence-electron chi connectivity index (χ4n) is 4.32. The number of rotatable bonds is 4. The normalized spacial score (nSPS) is 13.1. The second-order valence-electron chi connectivity index (χ2n) is 7.65. The summed E-state index contributed by atoms with van der Waals surface area (Å²) in [4.78, 5) is 0. The zero-order chi connectivity index (χ0) is 20.2. The lowest BCUT2D eigenvalue weighted by Gasteiger charge is -2.21. The molecule has 4 aromatic rings. The van der Waals surface area contributed by atoms with E-state index in [1.165, 1.54) is 44.5 Å². The number of benzene rings is 4. The van der Waals surface area contributed by atoms with Crippen LogP contribution < -0.4 is 0 Å². The van der Waals surface area contributed by atoms with Gasteiger partial charge in [0.25, 0.3) is 0 Å². The summed E-state index contributed by atoms with van der Waals surface area (Å²) in [5.74, 6) is 0. The van der Waals surface area contributed by atoms with Crippen molar-refractivity contribution < 1.29 is 0 Å². The molecule has 0 saturated carbocycles. The Balaban J connectivity index is 1.88. The molecule has 5 rings (SSSR count). The van der Waals surface area contributed by atoms with Crippen LogP contribution in [0.25, 0.3) is 39.0 Å². The van der Waals surface area contributed by atoms with Gasteiger partial charge in [-0.2, -0.15) is 0 Å². The molecule has 0 N–H and O–H groups in total. The Kier molecular flexibility index (Phi) is 5.14. The first-order valence-corrected chi connectivity index (χ1v) is 10.6. The predicted molar refractivity (Wildman–Crippen MR) is 129 cm³/mol. The van der Waals surface area contributed by atoms with Crippen molar-refractivity contribution in [2.75, 3.05) is 0 Å². The van der Waals surface area contributed by atoms with Crippen LogP contribution in [0.2, 0.25) is 0 Å². The van der Waals surface area contributed by atoms with Gasteiger partial charge in [0.1, 0.15) is 0 Å². The first-order chi connectivity index (χ1) is 14.9. The predicted octanol–water partition coefficient (Wildman–Crippen LogP) is 8.42. The molecule has 0 amide bonds. The molecule has 0 heteroatoms. The Morgan fingerprint density at radius 1 is 0.433 bits per heavy atom. The van der Waals surface area contributed by atoms with Gasteiger partial charge < -0.3 is 0 Å². The first-order valence-electron chi connectivity index (χ1n) is 10.6. The Labute approximate surface area is 178 Å². The molecule has 0 radical (unpaired) electrons. The van der Waals surface area contributed by atoms with Crippen LogP contribution in [0.1, 0.15) is 18.4 Å². The summed E-state index contributed by atoms with van der Waals surface area (Å²) in [6, 6.07) is 36.9. The molecule has 0 aliphatic heterocycles. The smallest absolute Gasteiger partial charge is 0.00206 e. The molecule has 0 nitrogen and oxygen atoms in total. The molecule has 0 atom stereocenters. The Bertz CT molecular complexity index is 1200. The number of hydrogen-bond donors (Lipinski definition) is 0. The molecule has 0 fully saturated rings. The highest BCUT2D eigenvalue weighted by molar-refractivity contribution is 6.00. The molecule has 0 saturated heterocycles. The van der Waals surface area contributed by atoms with Crippen LogP contribution in [-0.4, -0.2) is 0 Å². The summed E-state index contributed by atoms with van der Waals surface area (Å²) >= 11 is 0. The molecule has 0 unspecified atom stereocenters. The maximum atomic E-state index is 2.37. The van der Waals surface area contributed by atoms with Gasteiger partial charge in [0.15, 0.2) is 0 Å². The summed E-state index contributed by atoms with van der Waals surface area (Å²) in [7, 11) is 0. The molecule has 30 heavy (non-hydrogen) atoms. The van der Waals surface area contributed by atoms with E-state index in [1.807, 2.05) is 0 Å². The minimum absolute atomic E-state index is 1.10. The maximum absolute atomic E-state index is 2.37. The van der Waals surface area contributed by atoms with Gasteiger partial charge in [0.2, 0.25) is 0 Å². The van der Waals surface area contributed by atoms with Crippen LogP contribution >= 0.6 is 0 Å². The lowest BCUT2D eigenvalue weighted by molar-refractivity contribution is 1.04. The van der Waals surface area contributed by atoms with Crippen molar-refractivity contribution >= 4 is 5.57 Å². The highest BCUT2D eigenvalue weighted by Gasteiger charge is 2.19. The Morgan fingerprint density at radius 2 is 0.933 bits per heavy atom. The highest BCUT2D eigenvalue weighted by Crippen LogP contribution is 2.44.